The highest BCUT2D eigenvalue weighted by Crippen LogP contribution is 2.29. The molecule has 0 amide bonds. The molecule has 0 atom stereocenters. The maximum absolute atomic E-state index is 5.82. The largest absolute Gasteiger partial charge is 0.389 e. The van der Waals surface area contributed by atoms with Crippen molar-refractivity contribution in [3.05, 3.63) is 11.5 Å². The zero-order chi connectivity index (χ0) is 10.8. The van der Waals surface area contributed by atoms with Crippen LogP contribution in [0.25, 0.3) is 11.4 Å². The quantitative estimate of drug-likeness (QED) is 0.831. The van der Waals surface area contributed by atoms with E-state index in [4.69, 9.17) is 5.73 Å². The number of aromatic nitrogens is 4. The van der Waals surface area contributed by atoms with E-state index >= 15 is 0 Å². The highest BCUT2D eigenvalue weighted by atomic mass is 32.1. The van der Waals surface area contributed by atoms with Crippen LogP contribution in [0.1, 0.15) is 24.9 Å². The number of nitrogens with one attached hydrogen (secondary N) is 1. The number of nitrogens with two attached hydrogens (primary N) is 1. The third kappa shape index (κ3) is 1.85. The van der Waals surface area contributed by atoms with Gasteiger partial charge in [-0.25, -0.2) is 4.98 Å². The highest BCUT2D eigenvalue weighted by molar-refractivity contribution is 7.10. The molecule has 0 fully saturated rings. The van der Waals surface area contributed by atoms with Crippen molar-refractivity contribution in [3.8, 4) is 11.4 Å². The third-order valence-electron chi connectivity index (χ3n) is 2.13. The first-order valence-corrected chi connectivity index (χ1v) is 5.63. The Labute approximate surface area is 91.9 Å². The fourth-order valence-electron chi connectivity index (χ4n) is 1.41. The average Bonchev–Trinajstić information content (AvgIpc) is 2.75. The molecule has 0 bridgehead atoms. The van der Waals surface area contributed by atoms with Crippen LogP contribution in [0.2, 0.25) is 0 Å². The molecule has 2 rings (SSSR count). The summed E-state index contributed by atoms with van der Waals surface area (Å²) in [5.41, 5.74) is 7.57. The van der Waals surface area contributed by atoms with Crippen molar-refractivity contribution in [1.82, 2.24) is 19.6 Å². The van der Waals surface area contributed by atoms with Crippen molar-refractivity contribution < 1.29 is 0 Å². The van der Waals surface area contributed by atoms with Gasteiger partial charge in [-0.1, -0.05) is 6.92 Å². The van der Waals surface area contributed by atoms with Crippen LogP contribution in [-0.2, 0) is 6.42 Å². The van der Waals surface area contributed by atoms with Crippen LogP contribution < -0.4 is 5.73 Å². The minimum atomic E-state index is 0.655. The van der Waals surface area contributed by atoms with E-state index in [2.05, 4.69) is 26.5 Å². The molecule has 2 aromatic rings. The summed E-state index contributed by atoms with van der Waals surface area (Å²) in [4.78, 5) is 4.38. The van der Waals surface area contributed by atoms with Crippen molar-refractivity contribution in [3.63, 3.8) is 0 Å². The summed E-state index contributed by atoms with van der Waals surface area (Å²) in [6.07, 6.45) is 1.95. The number of rotatable bonds is 3. The van der Waals surface area contributed by atoms with Crippen LogP contribution in [0.15, 0.2) is 0 Å². The Morgan fingerprint density at radius 3 is 2.87 bits per heavy atom. The van der Waals surface area contributed by atoms with Gasteiger partial charge < -0.3 is 5.73 Å². The molecule has 80 valence electrons. The predicted molar refractivity (Wildman–Crippen MR) is 60.6 cm³/mol. The highest BCUT2D eigenvalue weighted by Gasteiger charge is 2.14. The predicted octanol–water partition coefficient (Wildman–Crippen LogP) is 1.77. The summed E-state index contributed by atoms with van der Waals surface area (Å²) in [5, 5.41) is 7.73. The standard InChI is InChI=1S/C9H13N5S/c1-3-4-6-11-9(13-12-6)7-5(2)14-15-8(7)10/h3-4,10H2,1-2H3,(H,11,12,13). The van der Waals surface area contributed by atoms with Crippen molar-refractivity contribution in [2.45, 2.75) is 26.7 Å². The molecule has 0 aliphatic heterocycles. The molecule has 2 heterocycles. The lowest BCUT2D eigenvalue weighted by Gasteiger charge is -1.92. The molecule has 3 N–H and O–H groups in total. The summed E-state index contributed by atoms with van der Waals surface area (Å²) in [6.45, 7) is 4.02. The number of anilines is 1. The van der Waals surface area contributed by atoms with Gasteiger partial charge in [0.05, 0.1) is 11.3 Å². The number of aromatic amines is 1. The second-order valence-electron chi connectivity index (χ2n) is 3.36. The molecule has 0 spiro atoms. The third-order valence-corrected chi connectivity index (χ3v) is 2.90. The van der Waals surface area contributed by atoms with Crippen LogP contribution in [0.4, 0.5) is 5.00 Å². The normalized spacial score (nSPS) is 10.8. The molecule has 0 unspecified atom stereocenters. The number of nitrogens with zero attached hydrogens (tertiary/aromatic N) is 3. The van der Waals surface area contributed by atoms with E-state index in [1.165, 1.54) is 11.5 Å². The summed E-state index contributed by atoms with van der Waals surface area (Å²) in [7, 11) is 0. The summed E-state index contributed by atoms with van der Waals surface area (Å²) in [6, 6.07) is 0. The number of aryl methyl sites for hydroxylation is 2. The lowest BCUT2D eigenvalue weighted by molar-refractivity contribution is 0.841. The smallest absolute Gasteiger partial charge is 0.186 e. The second kappa shape index (κ2) is 3.98. The van der Waals surface area contributed by atoms with E-state index in [1.807, 2.05) is 6.92 Å². The molecule has 2 aromatic heterocycles. The van der Waals surface area contributed by atoms with E-state index in [0.717, 1.165) is 29.9 Å². The fraction of sp³-hybridized carbons (Fsp3) is 0.444. The van der Waals surface area contributed by atoms with E-state index in [9.17, 15) is 0 Å². The molecule has 0 aliphatic rings. The van der Waals surface area contributed by atoms with Gasteiger partial charge in [0.15, 0.2) is 5.82 Å². The van der Waals surface area contributed by atoms with E-state index in [1.54, 1.807) is 0 Å². The van der Waals surface area contributed by atoms with E-state index in [-0.39, 0.29) is 0 Å². The van der Waals surface area contributed by atoms with Crippen molar-refractivity contribution in [1.29, 1.82) is 0 Å². The fourth-order valence-corrected chi connectivity index (χ4v) is 2.07. The number of hydrogen-bond acceptors (Lipinski definition) is 5. The van der Waals surface area contributed by atoms with E-state index < -0.39 is 0 Å². The maximum Gasteiger partial charge on any atom is 0.186 e. The van der Waals surface area contributed by atoms with Crippen LogP contribution in [0.3, 0.4) is 0 Å². The van der Waals surface area contributed by atoms with E-state index in [0.29, 0.717) is 10.8 Å². The van der Waals surface area contributed by atoms with Gasteiger partial charge >= 0.3 is 0 Å². The first-order chi connectivity index (χ1) is 7.22. The molecule has 0 saturated carbocycles. The Balaban J connectivity index is 2.37. The van der Waals surface area contributed by atoms with Gasteiger partial charge in [0.2, 0.25) is 0 Å². The number of nitrogen functional groups attached to an aromatic ring is 1. The van der Waals surface area contributed by atoms with Gasteiger partial charge in [-0.15, -0.1) is 0 Å². The summed E-state index contributed by atoms with van der Waals surface area (Å²) in [5.74, 6) is 1.56. The molecule has 0 aliphatic carbocycles. The Hall–Kier alpha value is -1.43. The lowest BCUT2D eigenvalue weighted by atomic mass is 10.2. The van der Waals surface area contributed by atoms with Crippen LogP contribution >= 0.6 is 11.5 Å². The molecule has 0 saturated heterocycles. The molecule has 0 radical (unpaired) electrons. The Kier molecular flexibility index (Phi) is 2.68. The topological polar surface area (TPSA) is 80.5 Å². The first-order valence-electron chi connectivity index (χ1n) is 4.85. The Bertz CT molecular complexity index is 439. The Morgan fingerprint density at radius 1 is 1.47 bits per heavy atom. The van der Waals surface area contributed by atoms with Crippen molar-refractivity contribution >= 4 is 16.5 Å². The van der Waals surface area contributed by atoms with Crippen LogP contribution in [0, 0.1) is 6.92 Å². The van der Waals surface area contributed by atoms with Gasteiger partial charge in [0.25, 0.3) is 0 Å². The molecular weight excluding hydrogens is 210 g/mol. The van der Waals surface area contributed by atoms with Crippen molar-refractivity contribution in [2.24, 2.45) is 0 Å². The van der Waals surface area contributed by atoms with Gasteiger partial charge in [0, 0.05) is 6.42 Å². The van der Waals surface area contributed by atoms with Gasteiger partial charge in [0.1, 0.15) is 10.8 Å². The van der Waals surface area contributed by atoms with Crippen molar-refractivity contribution in [2.75, 3.05) is 5.73 Å². The maximum atomic E-state index is 5.82. The minimum absolute atomic E-state index is 0.655. The zero-order valence-electron chi connectivity index (χ0n) is 8.74. The zero-order valence-corrected chi connectivity index (χ0v) is 9.56. The SMILES string of the molecule is CCCc1nc(-c2c(C)nsc2N)n[nH]1. The molecule has 5 nitrogen and oxygen atoms in total. The number of H-pyrrole nitrogens is 1. The molecule has 15 heavy (non-hydrogen) atoms. The van der Waals surface area contributed by atoms with Gasteiger partial charge in [-0.3, -0.25) is 5.10 Å². The van der Waals surface area contributed by atoms with Crippen LogP contribution in [0.5, 0.6) is 0 Å². The van der Waals surface area contributed by atoms with Gasteiger partial charge in [-0.05, 0) is 24.9 Å². The molecule has 0 aromatic carbocycles. The monoisotopic (exact) mass is 223 g/mol. The van der Waals surface area contributed by atoms with Crippen LogP contribution in [-0.4, -0.2) is 19.6 Å². The first kappa shape index (κ1) is 10.1. The average molecular weight is 223 g/mol. The summed E-state index contributed by atoms with van der Waals surface area (Å²) >= 11 is 1.28. The molecular formula is C9H13N5S. The van der Waals surface area contributed by atoms with Gasteiger partial charge in [-0.2, -0.15) is 9.47 Å². The minimum Gasteiger partial charge on any atom is -0.389 e. The Morgan fingerprint density at radius 2 is 2.27 bits per heavy atom. The lowest BCUT2D eigenvalue weighted by Crippen LogP contribution is -1.89. The summed E-state index contributed by atoms with van der Waals surface area (Å²) < 4.78 is 4.17. The molecule has 6 heteroatoms. The second-order valence-corrected chi connectivity index (χ2v) is 4.17. The number of hydrogen-bond donors (Lipinski definition) is 2.